The van der Waals surface area contributed by atoms with Gasteiger partial charge in [0.15, 0.2) is 0 Å². The summed E-state index contributed by atoms with van der Waals surface area (Å²) in [4.78, 5) is 0. The first-order valence-electron chi connectivity index (χ1n) is 5.66. The van der Waals surface area contributed by atoms with Gasteiger partial charge in [0.05, 0.1) is 0 Å². The molecule has 0 radical (unpaired) electrons. The Morgan fingerprint density at radius 1 is 1.00 bits per heavy atom. The van der Waals surface area contributed by atoms with Crippen molar-refractivity contribution in [2.75, 3.05) is 5.73 Å². The molecule has 2 N–H and O–H groups in total. The lowest BCUT2D eigenvalue weighted by Crippen LogP contribution is -1.98. The zero-order valence-electron chi connectivity index (χ0n) is 10.1. The Bertz CT molecular complexity index is 506. The number of hydrogen-bond acceptors (Lipinski definition) is 1. The van der Waals surface area contributed by atoms with E-state index in [1.165, 1.54) is 22.3 Å². The SMILES string of the molecule is Cc1cc(N)cc(C)c1Cc1ccc(Cl)cc1. The van der Waals surface area contributed by atoms with Crippen molar-refractivity contribution in [3.63, 3.8) is 0 Å². The van der Waals surface area contributed by atoms with E-state index in [0.717, 1.165) is 17.1 Å². The molecule has 2 rings (SSSR count). The van der Waals surface area contributed by atoms with Crippen molar-refractivity contribution >= 4 is 17.3 Å². The molecule has 17 heavy (non-hydrogen) atoms. The molecule has 0 aliphatic carbocycles. The van der Waals surface area contributed by atoms with Crippen molar-refractivity contribution in [3.8, 4) is 0 Å². The molecule has 0 saturated carbocycles. The van der Waals surface area contributed by atoms with E-state index < -0.39 is 0 Å². The van der Waals surface area contributed by atoms with Gasteiger partial charge < -0.3 is 5.73 Å². The molecule has 2 aromatic carbocycles. The lowest BCUT2D eigenvalue weighted by Gasteiger charge is -2.11. The first-order chi connectivity index (χ1) is 8.06. The van der Waals surface area contributed by atoms with E-state index in [1.54, 1.807) is 0 Å². The van der Waals surface area contributed by atoms with Gasteiger partial charge in [-0.05, 0) is 66.8 Å². The highest BCUT2D eigenvalue weighted by Gasteiger charge is 2.05. The minimum absolute atomic E-state index is 0.777. The second kappa shape index (κ2) is 4.80. The molecular weight excluding hydrogens is 230 g/mol. The van der Waals surface area contributed by atoms with Crippen LogP contribution < -0.4 is 5.73 Å². The zero-order valence-corrected chi connectivity index (χ0v) is 10.9. The summed E-state index contributed by atoms with van der Waals surface area (Å²) in [5.74, 6) is 0. The maximum absolute atomic E-state index is 5.88. The number of nitrogens with two attached hydrogens (primary N) is 1. The third-order valence-corrected chi connectivity index (χ3v) is 3.26. The fourth-order valence-electron chi connectivity index (χ4n) is 2.11. The predicted molar refractivity (Wildman–Crippen MR) is 74.6 cm³/mol. The number of halogens is 1. The van der Waals surface area contributed by atoms with Crippen molar-refractivity contribution in [3.05, 3.63) is 63.7 Å². The Labute approximate surface area is 107 Å². The molecule has 0 saturated heterocycles. The maximum atomic E-state index is 5.88. The summed E-state index contributed by atoms with van der Waals surface area (Å²) in [7, 11) is 0. The minimum Gasteiger partial charge on any atom is -0.399 e. The number of nitrogen functional groups attached to an aromatic ring is 1. The maximum Gasteiger partial charge on any atom is 0.0406 e. The van der Waals surface area contributed by atoms with Crippen LogP contribution in [0, 0.1) is 13.8 Å². The summed E-state index contributed by atoms with van der Waals surface area (Å²) in [5, 5.41) is 0.777. The Hall–Kier alpha value is -1.47. The average molecular weight is 246 g/mol. The molecule has 0 bridgehead atoms. The lowest BCUT2D eigenvalue weighted by molar-refractivity contribution is 1.12. The van der Waals surface area contributed by atoms with Crippen LogP contribution in [0.2, 0.25) is 5.02 Å². The van der Waals surface area contributed by atoms with Gasteiger partial charge in [-0.2, -0.15) is 0 Å². The molecule has 0 aliphatic rings. The van der Waals surface area contributed by atoms with Crippen LogP contribution in [0.5, 0.6) is 0 Å². The highest BCUT2D eigenvalue weighted by Crippen LogP contribution is 2.22. The van der Waals surface area contributed by atoms with Crippen molar-refractivity contribution < 1.29 is 0 Å². The first-order valence-corrected chi connectivity index (χ1v) is 6.04. The second-order valence-electron chi connectivity index (χ2n) is 4.44. The molecule has 2 heteroatoms. The molecule has 0 aromatic heterocycles. The van der Waals surface area contributed by atoms with Gasteiger partial charge in [0.1, 0.15) is 0 Å². The van der Waals surface area contributed by atoms with E-state index in [0.29, 0.717) is 0 Å². The number of hydrogen-bond donors (Lipinski definition) is 1. The number of aryl methyl sites for hydroxylation is 2. The van der Waals surface area contributed by atoms with E-state index in [2.05, 4.69) is 26.0 Å². The van der Waals surface area contributed by atoms with Gasteiger partial charge in [0.2, 0.25) is 0 Å². The van der Waals surface area contributed by atoms with Crippen molar-refractivity contribution in [1.82, 2.24) is 0 Å². The van der Waals surface area contributed by atoms with Crippen LogP contribution in [0.4, 0.5) is 5.69 Å². The van der Waals surface area contributed by atoms with Crippen LogP contribution in [0.1, 0.15) is 22.3 Å². The number of benzene rings is 2. The fraction of sp³-hybridized carbons (Fsp3) is 0.200. The largest absolute Gasteiger partial charge is 0.399 e. The van der Waals surface area contributed by atoms with Crippen LogP contribution in [0.15, 0.2) is 36.4 Å². The third kappa shape index (κ3) is 2.80. The number of anilines is 1. The van der Waals surface area contributed by atoms with E-state index in [1.807, 2.05) is 24.3 Å². The van der Waals surface area contributed by atoms with Crippen LogP contribution in [0.3, 0.4) is 0 Å². The second-order valence-corrected chi connectivity index (χ2v) is 4.87. The van der Waals surface area contributed by atoms with E-state index in [4.69, 9.17) is 17.3 Å². The monoisotopic (exact) mass is 245 g/mol. The van der Waals surface area contributed by atoms with Gasteiger partial charge in [-0.1, -0.05) is 23.7 Å². The average Bonchev–Trinajstić information content (AvgIpc) is 2.26. The number of rotatable bonds is 2. The molecule has 2 aromatic rings. The molecule has 0 aliphatic heterocycles. The Kier molecular flexibility index (Phi) is 3.39. The standard InChI is InChI=1S/C15H16ClN/c1-10-7-14(17)8-11(2)15(10)9-12-3-5-13(16)6-4-12/h3-8H,9,17H2,1-2H3. The summed E-state index contributed by atoms with van der Waals surface area (Å²) in [6, 6.07) is 12.0. The van der Waals surface area contributed by atoms with Gasteiger partial charge >= 0.3 is 0 Å². The molecular formula is C15H16ClN. The van der Waals surface area contributed by atoms with E-state index in [9.17, 15) is 0 Å². The van der Waals surface area contributed by atoms with Crippen LogP contribution in [0.25, 0.3) is 0 Å². The Morgan fingerprint density at radius 3 is 2.06 bits per heavy atom. The summed E-state index contributed by atoms with van der Waals surface area (Å²) in [6.07, 6.45) is 0.926. The zero-order chi connectivity index (χ0) is 12.4. The summed E-state index contributed by atoms with van der Waals surface area (Å²) >= 11 is 5.88. The molecule has 0 amide bonds. The lowest BCUT2D eigenvalue weighted by atomic mass is 9.95. The van der Waals surface area contributed by atoms with Crippen molar-refractivity contribution in [2.24, 2.45) is 0 Å². The van der Waals surface area contributed by atoms with Gasteiger partial charge in [0.25, 0.3) is 0 Å². The normalized spacial score (nSPS) is 10.5. The van der Waals surface area contributed by atoms with E-state index in [-0.39, 0.29) is 0 Å². The minimum atomic E-state index is 0.777. The highest BCUT2D eigenvalue weighted by molar-refractivity contribution is 6.30. The molecule has 0 atom stereocenters. The predicted octanol–water partition coefficient (Wildman–Crippen LogP) is 4.13. The smallest absolute Gasteiger partial charge is 0.0406 e. The summed E-state index contributed by atoms with van der Waals surface area (Å²) < 4.78 is 0. The van der Waals surface area contributed by atoms with Gasteiger partial charge in [-0.3, -0.25) is 0 Å². The highest BCUT2D eigenvalue weighted by atomic mass is 35.5. The first kappa shape index (κ1) is 12.0. The summed E-state index contributed by atoms with van der Waals surface area (Å²) in [5.41, 5.74) is 11.8. The van der Waals surface area contributed by atoms with Crippen LogP contribution in [-0.2, 0) is 6.42 Å². The quantitative estimate of drug-likeness (QED) is 0.791. The Morgan fingerprint density at radius 2 is 1.53 bits per heavy atom. The molecule has 0 spiro atoms. The van der Waals surface area contributed by atoms with E-state index >= 15 is 0 Å². The fourth-order valence-corrected chi connectivity index (χ4v) is 2.24. The molecule has 0 unspecified atom stereocenters. The van der Waals surface area contributed by atoms with Gasteiger partial charge in [0, 0.05) is 10.7 Å². The Balaban J connectivity index is 2.33. The van der Waals surface area contributed by atoms with Gasteiger partial charge in [-0.15, -0.1) is 0 Å². The molecule has 0 heterocycles. The molecule has 0 fully saturated rings. The van der Waals surface area contributed by atoms with Crippen LogP contribution >= 0.6 is 11.6 Å². The topological polar surface area (TPSA) is 26.0 Å². The van der Waals surface area contributed by atoms with Crippen LogP contribution in [-0.4, -0.2) is 0 Å². The van der Waals surface area contributed by atoms with Crippen molar-refractivity contribution in [1.29, 1.82) is 0 Å². The summed E-state index contributed by atoms with van der Waals surface area (Å²) in [6.45, 7) is 4.21. The molecule has 88 valence electrons. The third-order valence-electron chi connectivity index (χ3n) is 3.01. The molecule has 1 nitrogen and oxygen atoms in total. The van der Waals surface area contributed by atoms with Gasteiger partial charge in [-0.25, -0.2) is 0 Å². The van der Waals surface area contributed by atoms with Crippen molar-refractivity contribution in [2.45, 2.75) is 20.3 Å².